The minimum Gasteiger partial charge on any atom is -0.274 e. The van der Waals surface area contributed by atoms with Crippen molar-refractivity contribution in [2.45, 2.75) is 32.6 Å². The van der Waals surface area contributed by atoms with Crippen molar-refractivity contribution < 1.29 is 9.59 Å². The van der Waals surface area contributed by atoms with Crippen molar-refractivity contribution in [3.05, 3.63) is 29.8 Å². The van der Waals surface area contributed by atoms with Gasteiger partial charge in [-0.15, -0.1) is 0 Å². The van der Waals surface area contributed by atoms with Gasteiger partial charge < -0.3 is 0 Å². The van der Waals surface area contributed by atoms with Crippen LogP contribution in [0.1, 0.15) is 31.7 Å². The van der Waals surface area contributed by atoms with Crippen LogP contribution >= 0.6 is 0 Å². The number of nitrogens with zero attached hydrogens (tertiary/aromatic N) is 1. The van der Waals surface area contributed by atoms with Gasteiger partial charge in [-0.25, -0.2) is 4.90 Å². The third-order valence-electron chi connectivity index (χ3n) is 5.54. The smallest absolute Gasteiger partial charge is 0.237 e. The average Bonchev–Trinajstić information content (AvgIpc) is 3.13. The van der Waals surface area contributed by atoms with Crippen LogP contribution in [-0.2, 0) is 16.0 Å². The maximum atomic E-state index is 12.8. The lowest BCUT2D eigenvalue weighted by atomic mass is 9.81. The van der Waals surface area contributed by atoms with E-state index in [0.717, 1.165) is 36.9 Å². The molecule has 0 N–H and O–H groups in total. The first-order valence-corrected chi connectivity index (χ1v) is 7.68. The molecule has 1 aliphatic heterocycles. The number of imide groups is 1. The summed E-state index contributed by atoms with van der Waals surface area (Å²) in [5, 5.41) is 0. The van der Waals surface area contributed by atoms with Crippen LogP contribution in [0.4, 0.5) is 5.69 Å². The number of rotatable bonds is 2. The van der Waals surface area contributed by atoms with Crippen LogP contribution in [0.3, 0.4) is 0 Å². The van der Waals surface area contributed by atoms with Crippen LogP contribution in [-0.4, -0.2) is 11.8 Å². The van der Waals surface area contributed by atoms with Crippen LogP contribution in [0.2, 0.25) is 0 Å². The van der Waals surface area contributed by atoms with Gasteiger partial charge in [0.15, 0.2) is 0 Å². The molecule has 0 radical (unpaired) electrons. The summed E-state index contributed by atoms with van der Waals surface area (Å²) in [6.07, 6.45) is 4.20. The quantitative estimate of drug-likeness (QED) is 0.774. The minimum absolute atomic E-state index is 0.0221. The van der Waals surface area contributed by atoms with E-state index < -0.39 is 0 Å². The molecule has 3 heteroatoms. The topological polar surface area (TPSA) is 37.4 Å². The standard InChI is InChI=1S/C17H19NO2/c1-2-10-5-3-4-6-13(10)18-16(19)14-11-7-8-12(9-11)15(14)17(18)20/h3-6,11-12,14-15H,2,7-9H2,1H3/t11-,12+,14+,15-. The van der Waals surface area contributed by atoms with Crippen LogP contribution < -0.4 is 4.90 Å². The molecule has 0 unspecified atom stereocenters. The van der Waals surface area contributed by atoms with Gasteiger partial charge in [0.1, 0.15) is 0 Å². The van der Waals surface area contributed by atoms with Crippen molar-refractivity contribution in [3.8, 4) is 0 Å². The maximum Gasteiger partial charge on any atom is 0.237 e. The van der Waals surface area contributed by atoms with E-state index in [0.29, 0.717) is 11.8 Å². The first-order chi connectivity index (χ1) is 9.72. The number of anilines is 1. The molecule has 3 fully saturated rings. The van der Waals surface area contributed by atoms with E-state index in [1.807, 2.05) is 24.3 Å². The van der Waals surface area contributed by atoms with E-state index >= 15 is 0 Å². The van der Waals surface area contributed by atoms with Crippen molar-refractivity contribution >= 4 is 17.5 Å². The summed E-state index contributed by atoms with van der Waals surface area (Å²) < 4.78 is 0. The zero-order valence-electron chi connectivity index (χ0n) is 11.7. The Balaban J connectivity index is 1.77. The fraction of sp³-hybridized carbons (Fsp3) is 0.529. The third kappa shape index (κ3) is 1.41. The highest BCUT2D eigenvalue weighted by atomic mass is 16.2. The van der Waals surface area contributed by atoms with Crippen LogP contribution in [0.5, 0.6) is 0 Å². The Kier molecular flexibility index (Phi) is 2.53. The number of hydrogen-bond acceptors (Lipinski definition) is 2. The molecule has 1 saturated heterocycles. The van der Waals surface area contributed by atoms with Crippen molar-refractivity contribution in [1.82, 2.24) is 0 Å². The van der Waals surface area contributed by atoms with Gasteiger partial charge in [-0.2, -0.15) is 0 Å². The normalized spacial score (nSPS) is 35.0. The molecule has 2 bridgehead atoms. The highest BCUT2D eigenvalue weighted by molar-refractivity contribution is 6.22. The van der Waals surface area contributed by atoms with Crippen LogP contribution in [0.15, 0.2) is 24.3 Å². The minimum atomic E-state index is -0.0221. The van der Waals surface area contributed by atoms with Crippen LogP contribution in [0, 0.1) is 23.7 Å². The van der Waals surface area contributed by atoms with Gasteiger partial charge in [0, 0.05) is 0 Å². The molecule has 2 aliphatic carbocycles. The van der Waals surface area contributed by atoms with E-state index in [-0.39, 0.29) is 23.7 Å². The van der Waals surface area contributed by atoms with Gasteiger partial charge in [0.2, 0.25) is 11.8 Å². The van der Waals surface area contributed by atoms with Gasteiger partial charge in [-0.1, -0.05) is 25.1 Å². The largest absolute Gasteiger partial charge is 0.274 e. The highest BCUT2D eigenvalue weighted by Gasteiger charge is 2.61. The van der Waals surface area contributed by atoms with E-state index in [4.69, 9.17) is 0 Å². The molecule has 3 nitrogen and oxygen atoms in total. The summed E-state index contributed by atoms with van der Waals surface area (Å²) in [6.45, 7) is 2.06. The molecule has 4 rings (SSSR count). The second-order valence-corrected chi connectivity index (χ2v) is 6.38. The van der Waals surface area contributed by atoms with Crippen molar-refractivity contribution in [2.24, 2.45) is 23.7 Å². The molecule has 1 aromatic rings. The summed E-state index contributed by atoms with van der Waals surface area (Å²) in [7, 11) is 0. The Hall–Kier alpha value is -1.64. The van der Waals surface area contributed by atoms with Gasteiger partial charge in [-0.05, 0) is 49.1 Å². The molecule has 2 amide bonds. The number of hydrogen-bond donors (Lipinski definition) is 0. The lowest BCUT2D eigenvalue weighted by Crippen LogP contribution is -2.33. The zero-order valence-corrected chi connectivity index (χ0v) is 11.7. The van der Waals surface area contributed by atoms with E-state index in [1.165, 1.54) is 4.90 Å². The monoisotopic (exact) mass is 269 g/mol. The fourth-order valence-electron chi connectivity index (χ4n) is 4.67. The van der Waals surface area contributed by atoms with Crippen LogP contribution in [0.25, 0.3) is 0 Å². The summed E-state index contributed by atoms with van der Waals surface area (Å²) in [4.78, 5) is 27.0. The SMILES string of the molecule is CCc1ccccc1N1C(=O)[C@@H]2[C@H]3CC[C@H](C3)[C@@H]2C1=O. The van der Waals surface area contributed by atoms with Gasteiger partial charge in [-0.3, -0.25) is 9.59 Å². The Morgan fingerprint density at radius 1 is 1.05 bits per heavy atom. The van der Waals surface area contributed by atoms with Gasteiger partial charge in [0.25, 0.3) is 0 Å². The Bertz CT molecular complexity index is 566. The molecule has 104 valence electrons. The molecule has 0 spiro atoms. The maximum absolute atomic E-state index is 12.8. The second-order valence-electron chi connectivity index (χ2n) is 6.38. The molecular weight excluding hydrogens is 250 g/mol. The highest BCUT2D eigenvalue weighted by Crippen LogP contribution is 2.56. The third-order valence-corrected chi connectivity index (χ3v) is 5.54. The Morgan fingerprint density at radius 2 is 1.65 bits per heavy atom. The first-order valence-electron chi connectivity index (χ1n) is 7.68. The van der Waals surface area contributed by atoms with E-state index in [1.54, 1.807) is 0 Å². The number of aryl methyl sites for hydroxylation is 1. The van der Waals surface area contributed by atoms with E-state index in [9.17, 15) is 9.59 Å². The number of fused-ring (bicyclic) bond motifs is 5. The summed E-state index contributed by atoms with van der Waals surface area (Å²) in [6, 6.07) is 7.81. The molecule has 0 aromatic heterocycles. The van der Waals surface area contributed by atoms with Crippen molar-refractivity contribution in [2.75, 3.05) is 4.90 Å². The Morgan fingerprint density at radius 3 is 2.25 bits per heavy atom. The summed E-state index contributed by atoms with van der Waals surface area (Å²) in [5.74, 6) is 0.999. The molecule has 4 atom stereocenters. The number of para-hydroxylation sites is 1. The molecule has 1 aromatic carbocycles. The summed E-state index contributed by atoms with van der Waals surface area (Å²) >= 11 is 0. The number of carbonyl (C=O) groups is 2. The van der Waals surface area contributed by atoms with E-state index in [2.05, 4.69) is 6.92 Å². The Labute approximate surface area is 119 Å². The number of benzene rings is 1. The zero-order chi connectivity index (χ0) is 13.9. The molecule has 1 heterocycles. The lowest BCUT2D eigenvalue weighted by Gasteiger charge is -2.20. The predicted octanol–water partition coefficient (Wildman–Crippen LogP) is 2.78. The van der Waals surface area contributed by atoms with Crippen molar-refractivity contribution in [3.63, 3.8) is 0 Å². The molecule has 3 aliphatic rings. The fourth-order valence-corrected chi connectivity index (χ4v) is 4.67. The molecular formula is C17H19NO2. The first kappa shape index (κ1) is 12.1. The summed E-state index contributed by atoms with van der Waals surface area (Å²) in [5.41, 5.74) is 1.90. The number of carbonyl (C=O) groups excluding carboxylic acids is 2. The second kappa shape index (κ2) is 4.18. The average molecular weight is 269 g/mol. The lowest BCUT2D eigenvalue weighted by molar-refractivity contribution is -0.123. The molecule has 2 saturated carbocycles. The molecule has 20 heavy (non-hydrogen) atoms. The predicted molar refractivity (Wildman–Crippen MR) is 76.1 cm³/mol. The van der Waals surface area contributed by atoms with Crippen molar-refractivity contribution in [1.29, 1.82) is 0 Å². The van der Waals surface area contributed by atoms with Gasteiger partial charge in [0.05, 0.1) is 17.5 Å². The van der Waals surface area contributed by atoms with Gasteiger partial charge >= 0.3 is 0 Å². The number of amides is 2.